The fourth-order valence-electron chi connectivity index (χ4n) is 2.14. The lowest BCUT2D eigenvalue weighted by molar-refractivity contribution is -0.387. The SMILES string of the molecule is CCCN(CC1CC1)S(=O)(=O)c1ccc(Cl)cc1[N+](=O)[O-]. The fraction of sp³-hybridized carbons (Fsp3) is 0.538. The number of benzene rings is 1. The highest BCUT2D eigenvalue weighted by Gasteiger charge is 2.35. The van der Waals surface area contributed by atoms with E-state index in [-0.39, 0.29) is 9.92 Å². The van der Waals surface area contributed by atoms with Crippen LogP contribution in [0, 0.1) is 16.0 Å². The molecule has 116 valence electrons. The van der Waals surface area contributed by atoms with Gasteiger partial charge in [-0.05, 0) is 37.3 Å². The molecule has 0 atom stereocenters. The average Bonchev–Trinajstić information content (AvgIpc) is 3.21. The molecule has 1 aromatic rings. The van der Waals surface area contributed by atoms with Gasteiger partial charge in [-0.3, -0.25) is 10.1 Å². The van der Waals surface area contributed by atoms with Crippen LogP contribution in [0.3, 0.4) is 0 Å². The minimum atomic E-state index is -3.88. The number of nitro groups is 1. The molecule has 0 amide bonds. The van der Waals surface area contributed by atoms with Gasteiger partial charge in [-0.2, -0.15) is 4.31 Å². The van der Waals surface area contributed by atoms with Crippen molar-refractivity contribution in [2.75, 3.05) is 13.1 Å². The van der Waals surface area contributed by atoms with Gasteiger partial charge in [0.05, 0.1) is 4.92 Å². The Bertz CT molecular complexity index is 644. The van der Waals surface area contributed by atoms with Crippen LogP contribution in [0.2, 0.25) is 5.02 Å². The molecule has 0 aromatic heterocycles. The molecule has 0 aliphatic heterocycles. The summed E-state index contributed by atoms with van der Waals surface area (Å²) >= 11 is 5.73. The highest BCUT2D eigenvalue weighted by molar-refractivity contribution is 7.89. The van der Waals surface area contributed by atoms with Crippen LogP contribution < -0.4 is 0 Å². The van der Waals surface area contributed by atoms with E-state index in [1.165, 1.54) is 16.4 Å². The fourth-order valence-corrected chi connectivity index (χ4v) is 4.05. The van der Waals surface area contributed by atoms with E-state index in [1.807, 2.05) is 6.92 Å². The Labute approximate surface area is 128 Å². The van der Waals surface area contributed by atoms with Crippen molar-refractivity contribution in [1.29, 1.82) is 0 Å². The zero-order valence-electron chi connectivity index (χ0n) is 11.7. The third-order valence-corrected chi connectivity index (χ3v) is 5.51. The van der Waals surface area contributed by atoms with Crippen molar-refractivity contribution < 1.29 is 13.3 Å². The van der Waals surface area contributed by atoms with E-state index < -0.39 is 20.6 Å². The predicted molar refractivity (Wildman–Crippen MR) is 79.9 cm³/mol. The zero-order valence-corrected chi connectivity index (χ0v) is 13.2. The highest BCUT2D eigenvalue weighted by atomic mass is 35.5. The van der Waals surface area contributed by atoms with Gasteiger partial charge in [-0.25, -0.2) is 8.42 Å². The molecule has 21 heavy (non-hydrogen) atoms. The van der Waals surface area contributed by atoms with Gasteiger partial charge >= 0.3 is 0 Å². The molecule has 0 heterocycles. The van der Waals surface area contributed by atoms with Crippen molar-refractivity contribution in [2.45, 2.75) is 31.1 Å². The lowest BCUT2D eigenvalue weighted by Crippen LogP contribution is -2.34. The number of halogens is 1. The largest absolute Gasteiger partial charge is 0.290 e. The van der Waals surface area contributed by atoms with Crippen LogP contribution in [-0.2, 0) is 10.0 Å². The summed E-state index contributed by atoms with van der Waals surface area (Å²) in [6.07, 6.45) is 2.68. The van der Waals surface area contributed by atoms with Crippen molar-refractivity contribution in [3.05, 3.63) is 33.3 Å². The van der Waals surface area contributed by atoms with Gasteiger partial charge < -0.3 is 0 Å². The van der Waals surface area contributed by atoms with Crippen molar-refractivity contribution >= 4 is 27.3 Å². The predicted octanol–water partition coefficient (Wildman–Crippen LogP) is 3.06. The lowest BCUT2D eigenvalue weighted by Gasteiger charge is -2.21. The second-order valence-electron chi connectivity index (χ2n) is 5.18. The summed E-state index contributed by atoms with van der Waals surface area (Å²) in [5.74, 6) is 0.373. The van der Waals surface area contributed by atoms with E-state index in [0.717, 1.165) is 18.9 Å². The lowest BCUT2D eigenvalue weighted by atomic mass is 10.3. The Morgan fingerprint density at radius 1 is 1.43 bits per heavy atom. The van der Waals surface area contributed by atoms with Gasteiger partial charge in [0.1, 0.15) is 0 Å². The summed E-state index contributed by atoms with van der Waals surface area (Å²) in [5.41, 5.74) is -0.473. The summed E-state index contributed by atoms with van der Waals surface area (Å²) in [4.78, 5) is 10.1. The van der Waals surface area contributed by atoms with E-state index >= 15 is 0 Å². The number of sulfonamides is 1. The van der Waals surface area contributed by atoms with Crippen molar-refractivity contribution in [1.82, 2.24) is 4.31 Å². The molecule has 0 bridgehead atoms. The number of rotatable bonds is 7. The number of nitro benzene ring substituents is 1. The molecule has 0 saturated heterocycles. The number of nitrogens with zero attached hydrogens (tertiary/aromatic N) is 2. The normalized spacial score (nSPS) is 15.4. The maximum atomic E-state index is 12.7. The number of hydrogen-bond acceptors (Lipinski definition) is 4. The van der Waals surface area contributed by atoms with E-state index in [2.05, 4.69) is 0 Å². The summed E-state index contributed by atoms with van der Waals surface area (Å²) in [5, 5.41) is 11.2. The Hall–Kier alpha value is -1.18. The van der Waals surface area contributed by atoms with E-state index in [0.29, 0.717) is 25.4 Å². The van der Waals surface area contributed by atoms with Crippen LogP contribution in [0.5, 0.6) is 0 Å². The quantitative estimate of drug-likeness (QED) is 0.567. The maximum absolute atomic E-state index is 12.7. The van der Waals surface area contributed by atoms with Gasteiger partial charge in [0.15, 0.2) is 4.90 Å². The minimum absolute atomic E-state index is 0.143. The third-order valence-electron chi connectivity index (χ3n) is 3.37. The molecule has 6 nitrogen and oxygen atoms in total. The minimum Gasteiger partial charge on any atom is -0.258 e. The molecule has 8 heteroatoms. The van der Waals surface area contributed by atoms with Crippen LogP contribution in [0.15, 0.2) is 23.1 Å². The Kier molecular flexibility index (Phi) is 4.85. The summed E-state index contributed by atoms with van der Waals surface area (Å²) in [6.45, 7) is 2.67. The molecule has 0 N–H and O–H groups in total. The third kappa shape index (κ3) is 3.72. The first-order valence-electron chi connectivity index (χ1n) is 6.80. The Morgan fingerprint density at radius 3 is 2.62 bits per heavy atom. The van der Waals surface area contributed by atoms with Gasteiger partial charge in [-0.1, -0.05) is 18.5 Å². The highest BCUT2D eigenvalue weighted by Crippen LogP contribution is 2.34. The van der Waals surface area contributed by atoms with Crippen LogP contribution in [0.25, 0.3) is 0 Å². The van der Waals surface area contributed by atoms with Crippen LogP contribution in [-0.4, -0.2) is 30.7 Å². The van der Waals surface area contributed by atoms with Gasteiger partial charge in [0.2, 0.25) is 10.0 Å². The topological polar surface area (TPSA) is 80.5 Å². The first-order valence-corrected chi connectivity index (χ1v) is 8.62. The Balaban J connectivity index is 2.43. The first kappa shape index (κ1) is 16.2. The second-order valence-corrected chi connectivity index (χ2v) is 7.52. The molecule has 1 aromatic carbocycles. The molecule has 0 unspecified atom stereocenters. The molecular weight excluding hydrogens is 316 g/mol. The summed E-state index contributed by atoms with van der Waals surface area (Å²) < 4.78 is 26.7. The smallest absolute Gasteiger partial charge is 0.258 e. The number of hydrogen-bond donors (Lipinski definition) is 0. The second kappa shape index (κ2) is 6.29. The molecule has 1 aliphatic carbocycles. The van der Waals surface area contributed by atoms with Crippen LogP contribution in [0.1, 0.15) is 26.2 Å². The first-order chi connectivity index (χ1) is 9.86. The Morgan fingerprint density at radius 2 is 2.10 bits per heavy atom. The van der Waals surface area contributed by atoms with Crippen molar-refractivity contribution in [3.8, 4) is 0 Å². The van der Waals surface area contributed by atoms with Crippen molar-refractivity contribution in [3.63, 3.8) is 0 Å². The molecular formula is C13H17ClN2O4S. The summed E-state index contributed by atoms with van der Waals surface area (Å²) in [7, 11) is -3.88. The average molecular weight is 333 g/mol. The van der Waals surface area contributed by atoms with E-state index in [1.54, 1.807) is 0 Å². The monoisotopic (exact) mass is 332 g/mol. The van der Waals surface area contributed by atoms with E-state index in [4.69, 9.17) is 11.6 Å². The molecule has 2 rings (SSSR count). The molecule has 1 aliphatic rings. The molecule has 1 saturated carbocycles. The molecule has 1 fully saturated rings. The zero-order chi connectivity index (χ0) is 15.6. The van der Waals surface area contributed by atoms with Gasteiger partial charge in [0.25, 0.3) is 5.69 Å². The van der Waals surface area contributed by atoms with Crippen LogP contribution in [0.4, 0.5) is 5.69 Å². The maximum Gasteiger partial charge on any atom is 0.290 e. The standard InChI is InChI=1S/C13H17ClN2O4S/c1-2-7-15(9-10-3-4-10)21(19,20)13-6-5-11(14)8-12(13)16(17)18/h5-6,8,10H,2-4,7,9H2,1H3. The summed E-state index contributed by atoms with van der Waals surface area (Å²) in [6, 6.07) is 3.66. The van der Waals surface area contributed by atoms with Crippen LogP contribution >= 0.6 is 11.6 Å². The van der Waals surface area contributed by atoms with Gasteiger partial charge in [0, 0.05) is 24.2 Å². The van der Waals surface area contributed by atoms with Crippen molar-refractivity contribution in [2.24, 2.45) is 5.92 Å². The molecule has 0 spiro atoms. The van der Waals surface area contributed by atoms with Gasteiger partial charge in [-0.15, -0.1) is 0 Å². The molecule has 0 radical (unpaired) electrons. The van der Waals surface area contributed by atoms with E-state index in [9.17, 15) is 18.5 Å².